The first-order valence-electron chi connectivity index (χ1n) is 10.8. The van der Waals surface area contributed by atoms with Gasteiger partial charge in [0.2, 0.25) is 0 Å². The Balaban J connectivity index is 0.00000218. The van der Waals surface area contributed by atoms with Crippen LogP contribution >= 0.6 is 21.0 Å². The molecule has 0 saturated carbocycles. The molecule has 1 unspecified atom stereocenters. The molecule has 0 bridgehead atoms. The second kappa shape index (κ2) is 12.9. The Bertz CT molecular complexity index is 837. The van der Waals surface area contributed by atoms with Crippen LogP contribution in [0.15, 0.2) is 93.1 Å². The molecule has 2 rings (SSSR count). The SMILES string of the molecule is C=C(/C=C\C(P)=C/C)/C=C1\S/C(=C(/C)N(C)C2=CCCC=C2C)C(=C)N1CC.CC. The molecule has 0 N–H and O–H groups in total. The summed E-state index contributed by atoms with van der Waals surface area (Å²) in [6, 6.07) is 0. The summed E-state index contributed by atoms with van der Waals surface area (Å²) >= 11 is 1.79. The summed E-state index contributed by atoms with van der Waals surface area (Å²) in [6.45, 7) is 22.0. The van der Waals surface area contributed by atoms with Crippen LogP contribution < -0.4 is 0 Å². The highest BCUT2D eigenvalue weighted by Gasteiger charge is 2.28. The van der Waals surface area contributed by atoms with Gasteiger partial charge in [0.1, 0.15) is 0 Å². The van der Waals surface area contributed by atoms with Gasteiger partial charge in [0.25, 0.3) is 0 Å². The maximum atomic E-state index is 4.39. The quantitative estimate of drug-likeness (QED) is 0.303. The fraction of sp³-hybridized carbons (Fsp3) is 0.385. The van der Waals surface area contributed by atoms with Gasteiger partial charge in [-0.05, 0) is 63.1 Å². The normalized spacial score (nSPS) is 20.1. The predicted molar refractivity (Wildman–Crippen MR) is 142 cm³/mol. The van der Waals surface area contributed by atoms with Gasteiger partial charge in [-0.15, -0.1) is 9.24 Å². The summed E-state index contributed by atoms with van der Waals surface area (Å²) in [4.78, 5) is 5.80. The number of hydrogen-bond acceptors (Lipinski definition) is 3. The molecule has 1 heterocycles. The molecule has 0 amide bonds. The second-order valence-electron chi connectivity index (χ2n) is 7.00. The number of likely N-dealkylation sites (N-methyl/N-ethyl adjacent to an activating group) is 2. The lowest BCUT2D eigenvalue weighted by Crippen LogP contribution is -2.20. The molecule has 0 radical (unpaired) electrons. The van der Waals surface area contributed by atoms with Gasteiger partial charge in [-0.25, -0.2) is 0 Å². The van der Waals surface area contributed by atoms with Gasteiger partial charge >= 0.3 is 0 Å². The monoisotopic (exact) mass is 442 g/mol. The summed E-state index contributed by atoms with van der Waals surface area (Å²) in [7, 11) is 4.87. The molecule has 164 valence electrons. The van der Waals surface area contributed by atoms with Crippen LogP contribution in [0.3, 0.4) is 0 Å². The number of thioether (sulfide) groups is 1. The third-order valence-electron chi connectivity index (χ3n) is 5.06. The molecule has 1 atom stereocenters. The maximum absolute atomic E-state index is 4.39. The second-order valence-corrected chi connectivity index (χ2v) is 8.70. The van der Waals surface area contributed by atoms with Crippen LogP contribution in [0.4, 0.5) is 0 Å². The van der Waals surface area contributed by atoms with Crippen molar-refractivity contribution in [3.05, 3.63) is 93.1 Å². The lowest BCUT2D eigenvalue weighted by atomic mass is 10.0. The Morgan fingerprint density at radius 2 is 1.90 bits per heavy atom. The van der Waals surface area contributed by atoms with E-state index in [1.165, 1.54) is 26.9 Å². The van der Waals surface area contributed by atoms with Gasteiger partial charge in [0.15, 0.2) is 0 Å². The van der Waals surface area contributed by atoms with E-state index in [2.05, 4.69) is 90.4 Å². The Morgan fingerprint density at radius 3 is 2.47 bits per heavy atom. The van der Waals surface area contributed by atoms with Crippen molar-refractivity contribution in [2.75, 3.05) is 13.6 Å². The van der Waals surface area contributed by atoms with Crippen molar-refractivity contribution >= 4 is 21.0 Å². The number of hydrogen-bond donors (Lipinski definition) is 0. The highest BCUT2D eigenvalue weighted by Crippen LogP contribution is 2.46. The van der Waals surface area contributed by atoms with E-state index in [0.717, 1.165) is 36.0 Å². The van der Waals surface area contributed by atoms with Crippen molar-refractivity contribution in [3.63, 3.8) is 0 Å². The zero-order chi connectivity index (χ0) is 22.8. The van der Waals surface area contributed by atoms with Crippen molar-refractivity contribution in [1.29, 1.82) is 0 Å². The molecular weight excluding hydrogens is 403 g/mol. The first-order valence-corrected chi connectivity index (χ1v) is 12.2. The van der Waals surface area contributed by atoms with E-state index in [1.54, 1.807) is 11.8 Å². The standard InChI is InChI=1S/C24H33N2PS.C2H6/c1-8-21(27)15-14-17(3)16-23-26(9-2)20(6)24(28-23)19(5)25(7)22-13-11-10-12-18(22)4;1-2/h8,12-16H,3,6,9-11,27H2,1-2,4-5,7H3;1-2H3/b15-14-,21-8+,23-16-,24-19-;. The molecule has 2 aliphatic rings. The zero-order valence-corrected chi connectivity index (χ0v) is 21.9. The van der Waals surface area contributed by atoms with Crippen molar-refractivity contribution in [1.82, 2.24) is 9.80 Å². The van der Waals surface area contributed by atoms with E-state index >= 15 is 0 Å². The van der Waals surface area contributed by atoms with E-state index in [0.29, 0.717) is 0 Å². The van der Waals surface area contributed by atoms with Crippen molar-refractivity contribution in [2.24, 2.45) is 0 Å². The number of nitrogens with zero attached hydrogens (tertiary/aromatic N) is 2. The van der Waals surface area contributed by atoms with Crippen molar-refractivity contribution in [2.45, 2.75) is 54.4 Å². The summed E-state index contributed by atoms with van der Waals surface area (Å²) in [5, 5.41) is 2.33. The van der Waals surface area contributed by atoms with E-state index in [9.17, 15) is 0 Å². The Morgan fingerprint density at radius 1 is 1.27 bits per heavy atom. The molecule has 1 fully saturated rings. The van der Waals surface area contributed by atoms with Crippen LogP contribution in [0.5, 0.6) is 0 Å². The predicted octanol–water partition coefficient (Wildman–Crippen LogP) is 8.12. The first-order chi connectivity index (χ1) is 14.3. The molecule has 0 aromatic rings. The van der Waals surface area contributed by atoms with Crippen LogP contribution in [0.1, 0.15) is 54.4 Å². The molecule has 4 heteroatoms. The zero-order valence-electron chi connectivity index (χ0n) is 19.9. The fourth-order valence-corrected chi connectivity index (χ4v) is 4.61. The van der Waals surface area contributed by atoms with E-state index in [1.807, 2.05) is 26.8 Å². The molecule has 1 saturated heterocycles. The van der Waals surface area contributed by atoms with E-state index < -0.39 is 0 Å². The van der Waals surface area contributed by atoms with Gasteiger partial charge in [0, 0.05) is 25.0 Å². The van der Waals surface area contributed by atoms with Gasteiger partial charge in [0.05, 0.1) is 15.6 Å². The van der Waals surface area contributed by atoms with E-state index in [-0.39, 0.29) is 0 Å². The third-order valence-corrected chi connectivity index (χ3v) is 6.87. The molecule has 0 aromatic carbocycles. The smallest absolute Gasteiger partial charge is 0.0807 e. The third kappa shape index (κ3) is 6.65. The molecule has 30 heavy (non-hydrogen) atoms. The van der Waals surface area contributed by atoms with Gasteiger partial charge < -0.3 is 9.80 Å². The molecule has 0 spiro atoms. The minimum Gasteiger partial charge on any atom is -0.347 e. The maximum Gasteiger partial charge on any atom is 0.0807 e. The minimum atomic E-state index is 0.889. The topological polar surface area (TPSA) is 6.48 Å². The molecular formula is C26H39N2PS. The average molecular weight is 443 g/mol. The number of rotatable bonds is 6. The van der Waals surface area contributed by atoms with Gasteiger partial charge in [-0.3, -0.25) is 0 Å². The van der Waals surface area contributed by atoms with Crippen LogP contribution in [-0.2, 0) is 0 Å². The lowest BCUT2D eigenvalue weighted by Gasteiger charge is -2.27. The first kappa shape index (κ1) is 26.3. The molecule has 1 aliphatic heterocycles. The Labute approximate surface area is 191 Å². The van der Waals surface area contributed by atoms with Gasteiger partial charge in [-0.2, -0.15) is 0 Å². The van der Waals surface area contributed by atoms with Crippen LogP contribution in [-0.4, -0.2) is 23.4 Å². The van der Waals surface area contributed by atoms with E-state index in [4.69, 9.17) is 0 Å². The Kier molecular flexibility index (Phi) is 11.3. The summed E-state index contributed by atoms with van der Waals surface area (Å²) < 4.78 is 0. The van der Waals surface area contributed by atoms with Crippen molar-refractivity contribution in [3.8, 4) is 0 Å². The number of allylic oxidation sites excluding steroid dienone is 10. The minimum absolute atomic E-state index is 0.889. The molecule has 0 aromatic heterocycles. The van der Waals surface area contributed by atoms with Crippen LogP contribution in [0.25, 0.3) is 0 Å². The van der Waals surface area contributed by atoms with Crippen molar-refractivity contribution < 1.29 is 0 Å². The average Bonchev–Trinajstić information content (AvgIpc) is 3.07. The molecule has 2 nitrogen and oxygen atoms in total. The van der Waals surface area contributed by atoms with Crippen LogP contribution in [0.2, 0.25) is 0 Å². The summed E-state index contributed by atoms with van der Waals surface area (Å²) in [5.41, 5.74) is 5.94. The highest BCUT2D eigenvalue weighted by molar-refractivity contribution is 8.07. The Hall–Kier alpha value is -1.70. The molecule has 1 aliphatic carbocycles. The summed E-state index contributed by atoms with van der Waals surface area (Å²) in [5.74, 6) is 0. The highest BCUT2D eigenvalue weighted by atomic mass is 32.2. The lowest BCUT2D eigenvalue weighted by molar-refractivity contribution is 0.490. The van der Waals surface area contributed by atoms with Crippen LogP contribution in [0, 0.1) is 0 Å². The summed E-state index contributed by atoms with van der Waals surface area (Å²) in [6.07, 6.45) is 15.2. The largest absolute Gasteiger partial charge is 0.347 e. The fourth-order valence-electron chi connectivity index (χ4n) is 3.24. The van der Waals surface area contributed by atoms with Gasteiger partial charge in [-0.1, -0.05) is 69.1 Å².